The first-order chi connectivity index (χ1) is 9.08. The highest BCUT2D eigenvalue weighted by Crippen LogP contribution is 2.23. The fraction of sp³-hybridized carbons (Fsp3) is 0.429. The molecule has 0 aromatic heterocycles. The van der Waals surface area contributed by atoms with Crippen LogP contribution in [0.15, 0.2) is 18.2 Å². The largest absolute Gasteiger partial charge is 0.492 e. The Bertz CT molecular complexity index is 494. The van der Waals surface area contributed by atoms with E-state index in [-0.39, 0.29) is 24.5 Å². The molecule has 1 saturated carbocycles. The molecule has 5 nitrogen and oxygen atoms in total. The Kier molecular flexibility index (Phi) is 4.04. The van der Waals surface area contributed by atoms with E-state index in [0.717, 1.165) is 18.4 Å². The van der Waals surface area contributed by atoms with Crippen LogP contribution in [0.1, 0.15) is 35.2 Å². The molecule has 0 atom stereocenters. The SMILES string of the molecule is Cc1cccc(C(=O)O)c1OCCC(=O)NC1CC1. The van der Waals surface area contributed by atoms with Gasteiger partial charge in [-0.1, -0.05) is 12.1 Å². The molecule has 1 aliphatic carbocycles. The van der Waals surface area contributed by atoms with Crippen molar-refractivity contribution in [2.45, 2.75) is 32.2 Å². The van der Waals surface area contributed by atoms with Crippen molar-refractivity contribution in [2.75, 3.05) is 6.61 Å². The van der Waals surface area contributed by atoms with E-state index in [0.29, 0.717) is 11.8 Å². The molecule has 1 fully saturated rings. The Hall–Kier alpha value is -2.04. The van der Waals surface area contributed by atoms with E-state index in [4.69, 9.17) is 9.84 Å². The molecule has 0 aliphatic heterocycles. The smallest absolute Gasteiger partial charge is 0.339 e. The Labute approximate surface area is 111 Å². The zero-order valence-electron chi connectivity index (χ0n) is 10.8. The van der Waals surface area contributed by atoms with Gasteiger partial charge in [-0.05, 0) is 31.4 Å². The molecule has 0 saturated heterocycles. The molecule has 2 N–H and O–H groups in total. The van der Waals surface area contributed by atoms with Gasteiger partial charge in [-0.2, -0.15) is 0 Å². The van der Waals surface area contributed by atoms with Gasteiger partial charge in [-0.15, -0.1) is 0 Å². The van der Waals surface area contributed by atoms with E-state index in [2.05, 4.69) is 5.32 Å². The van der Waals surface area contributed by atoms with Crippen molar-refractivity contribution < 1.29 is 19.4 Å². The second-order valence-electron chi connectivity index (χ2n) is 4.70. The quantitative estimate of drug-likeness (QED) is 0.819. The van der Waals surface area contributed by atoms with Crippen LogP contribution in [0, 0.1) is 6.92 Å². The number of benzene rings is 1. The Morgan fingerprint density at radius 1 is 1.42 bits per heavy atom. The first-order valence-electron chi connectivity index (χ1n) is 6.33. The highest BCUT2D eigenvalue weighted by Gasteiger charge is 2.23. The molecular formula is C14H17NO4. The lowest BCUT2D eigenvalue weighted by Gasteiger charge is -2.11. The van der Waals surface area contributed by atoms with Gasteiger partial charge >= 0.3 is 5.97 Å². The number of para-hydroxylation sites is 1. The third kappa shape index (κ3) is 3.71. The molecule has 2 rings (SSSR count). The molecule has 5 heteroatoms. The maximum Gasteiger partial charge on any atom is 0.339 e. The van der Waals surface area contributed by atoms with E-state index in [9.17, 15) is 9.59 Å². The lowest BCUT2D eigenvalue weighted by molar-refractivity contribution is -0.121. The number of aromatic carboxylic acids is 1. The average Bonchev–Trinajstić information content (AvgIpc) is 3.14. The number of carbonyl (C=O) groups is 2. The number of hydrogen-bond acceptors (Lipinski definition) is 3. The van der Waals surface area contributed by atoms with Crippen LogP contribution in [0.3, 0.4) is 0 Å². The summed E-state index contributed by atoms with van der Waals surface area (Å²) in [7, 11) is 0. The van der Waals surface area contributed by atoms with Gasteiger partial charge in [0.15, 0.2) is 0 Å². The van der Waals surface area contributed by atoms with Gasteiger partial charge < -0.3 is 15.2 Å². The normalized spacial score (nSPS) is 13.9. The van der Waals surface area contributed by atoms with Gasteiger partial charge in [0.05, 0.1) is 13.0 Å². The zero-order valence-corrected chi connectivity index (χ0v) is 10.8. The van der Waals surface area contributed by atoms with Crippen LogP contribution in [-0.4, -0.2) is 29.6 Å². The van der Waals surface area contributed by atoms with Crippen LogP contribution in [0.5, 0.6) is 5.75 Å². The van der Waals surface area contributed by atoms with E-state index in [1.807, 2.05) is 0 Å². The molecule has 0 bridgehead atoms. The number of ether oxygens (including phenoxy) is 1. The molecule has 1 aliphatic rings. The van der Waals surface area contributed by atoms with Gasteiger partial charge in [0, 0.05) is 6.04 Å². The Morgan fingerprint density at radius 3 is 2.79 bits per heavy atom. The molecule has 0 heterocycles. The van der Waals surface area contributed by atoms with Crippen molar-refractivity contribution in [3.05, 3.63) is 29.3 Å². The molecule has 0 radical (unpaired) electrons. The van der Waals surface area contributed by atoms with Crippen LogP contribution in [0.2, 0.25) is 0 Å². The second-order valence-corrected chi connectivity index (χ2v) is 4.70. The first-order valence-corrected chi connectivity index (χ1v) is 6.33. The summed E-state index contributed by atoms with van der Waals surface area (Å²) in [5.41, 5.74) is 0.880. The minimum atomic E-state index is -1.03. The summed E-state index contributed by atoms with van der Waals surface area (Å²) in [5, 5.41) is 11.9. The van der Waals surface area contributed by atoms with Crippen molar-refractivity contribution >= 4 is 11.9 Å². The van der Waals surface area contributed by atoms with Gasteiger partial charge in [0.25, 0.3) is 0 Å². The molecule has 0 spiro atoms. The first kappa shape index (κ1) is 13.4. The van der Waals surface area contributed by atoms with Gasteiger partial charge in [-0.3, -0.25) is 4.79 Å². The number of carbonyl (C=O) groups excluding carboxylic acids is 1. The van der Waals surface area contributed by atoms with Crippen LogP contribution < -0.4 is 10.1 Å². The fourth-order valence-corrected chi connectivity index (χ4v) is 1.79. The highest BCUT2D eigenvalue weighted by atomic mass is 16.5. The molecule has 1 amide bonds. The molecule has 19 heavy (non-hydrogen) atoms. The number of nitrogens with one attached hydrogen (secondary N) is 1. The summed E-state index contributed by atoms with van der Waals surface area (Å²) in [6.45, 7) is 1.97. The van der Waals surface area contributed by atoms with Crippen molar-refractivity contribution in [1.29, 1.82) is 0 Å². The standard InChI is InChI=1S/C14H17NO4/c1-9-3-2-4-11(14(17)18)13(9)19-8-7-12(16)15-10-5-6-10/h2-4,10H,5-8H2,1H3,(H,15,16)(H,17,18). The number of aryl methyl sites for hydroxylation is 1. The molecule has 0 unspecified atom stereocenters. The summed E-state index contributed by atoms with van der Waals surface area (Å²) in [5.74, 6) is -0.733. The summed E-state index contributed by atoms with van der Waals surface area (Å²) in [6.07, 6.45) is 2.34. The molecule has 102 valence electrons. The van der Waals surface area contributed by atoms with Crippen molar-refractivity contribution in [3.63, 3.8) is 0 Å². The van der Waals surface area contributed by atoms with Crippen LogP contribution in [0.4, 0.5) is 0 Å². The van der Waals surface area contributed by atoms with Crippen molar-refractivity contribution in [3.8, 4) is 5.75 Å². The van der Waals surface area contributed by atoms with E-state index < -0.39 is 5.97 Å². The number of carboxylic acid groups (broad SMARTS) is 1. The maximum absolute atomic E-state index is 11.5. The van der Waals surface area contributed by atoms with E-state index >= 15 is 0 Å². The number of carboxylic acids is 1. The monoisotopic (exact) mass is 263 g/mol. The van der Waals surface area contributed by atoms with Gasteiger partial charge in [-0.25, -0.2) is 4.79 Å². The Balaban J connectivity index is 1.91. The molecular weight excluding hydrogens is 246 g/mol. The van der Waals surface area contributed by atoms with Crippen molar-refractivity contribution in [1.82, 2.24) is 5.32 Å². The van der Waals surface area contributed by atoms with Crippen molar-refractivity contribution in [2.24, 2.45) is 0 Å². The Morgan fingerprint density at radius 2 is 2.16 bits per heavy atom. The minimum Gasteiger partial charge on any atom is -0.492 e. The number of amides is 1. The van der Waals surface area contributed by atoms with Crippen LogP contribution in [0.25, 0.3) is 0 Å². The summed E-state index contributed by atoms with van der Waals surface area (Å²) >= 11 is 0. The lowest BCUT2D eigenvalue weighted by atomic mass is 10.1. The maximum atomic E-state index is 11.5. The summed E-state index contributed by atoms with van der Waals surface area (Å²) < 4.78 is 5.46. The predicted octanol–water partition coefficient (Wildman–Crippen LogP) is 1.74. The average molecular weight is 263 g/mol. The lowest BCUT2D eigenvalue weighted by Crippen LogP contribution is -2.26. The fourth-order valence-electron chi connectivity index (χ4n) is 1.79. The van der Waals surface area contributed by atoms with E-state index in [1.54, 1.807) is 19.1 Å². The molecule has 1 aromatic rings. The highest BCUT2D eigenvalue weighted by molar-refractivity contribution is 5.91. The van der Waals surface area contributed by atoms with Crippen LogP contribution in [-0.2, 0) is 4.79 Å². The number of hydrogen-bond donors (Lipinski definition) is 2. The zero-order chi connectivity index (χ0) is 13.8. The van der Waals surface area contributed by atoms with Gasteiger partial charge in [0.1, 0.15) is 11.3 Å². The predicted molar refractivity (Wildman–Crippen MR) is 69.4 cm³/mol. The topological polar surface area (TPSA) is 75.6 Å². The minimum absolute atomic E-state index is 0.0482. The third-order valence-electron chi connectivity index (χ3n) is 2.96. The van der Waals surface area contributed by atoms with Crippen LogP contribution >= 0.6 is 0 Å². The molecule has 1 aromatic carbocycles. The van der Waals surface area contributed by atoms with E-state index in [1.165, 1.54) is 6.07 Å². The second kappa shape index (κ2) is 5.73. The van der Waals surface area contributed by atoms with Gasteiger partial charge in [0.2, 0.25) is 5.91 Å². The third-order valence-corrected chi connectivity index (χ3v) is 2.96. The summed E-state index contributed by atoms with van der Waals surface area (Å²) in [6, 6.07) is 5.28. The number of rotatable bonds is 6. The summed E-state index contributed by atoms with van der Waals surface area (Å²) in [4.78, 5) is 22.5.